The fourth-order valence-electron chi connectivity index (χ4n) is 7.47. The molecule has 0 unspecified atom stereocenters. The second-order valence-corrected chi connectivity index (χ2v) is 13.2. The maximum Gasteiger partial charge on any atom is 0.198 e. The minimum absolute atomic E-state index is 0.534. The standard InChI is InChI=1S/C42H37N9/c1-22-26(5)37(27(6)23(2)35(22)33-20-47-39-41(49-33)45-17-15-43-39)51(32-14-13-30-11-9-10-12-31(30)19-32)38-28(7)24(3)36(25(4)29(38)8)34-21-48-40-42(50-34)46-18-16-44-40/h9-21H,1-8H3. The van der Waals surface area contributed by atoms with E-state index in [0.717, 1.165) is 61.8 Å². The van der Waals surface area contributed by atoms with Crippen LogP contribution in [0, 0.1) is 55.4 Å². The van der Waals surface area contributed by atoms with E-state index in [4.69, 9.17) is 9.97 Å². The van der Waals surface area contributed by atoms with Crippen LogP contribution in [0.4, 0.5) is 17.1 Å². The molecule has 0 aliphatic rings. The Morgan fingerprint density at radius 2 is 0.824 bits per heavy atom. The first kappa shape index (κ1) is 32.0. The third-order valence-corrected chi connectivity index (χ3v) is 10.5. The summed E-state index contributed by atoms with van der Waals surface area (Å²) in [6.07, 6.45) is 10.2. The van der Waals surface area contributed by atoms with Gasteiger partial charge in [0.2, 0.25) is 0 Å². The molecule has 0 radical (unpaired) electrons. The first-order valence-electron chi connectivity index (χ1n) is 17.0. The number of rotatable bonds is 5. The summed E-state index contributed by atoms with van der Waals surface area (Å²) in [6, 6.07) is 15.3. The molecule has 8 aromatic rings. The zero-order chi connectivity index (χ0) is 35.6. The average molecular weight is 668 g/mol. The van der Waals surface area contributed by atoms with Crippen molar-refractivity contribution in [3.63, 3.8) is 0 Å². The molecule has 0 atom stereocenters. The quantitative estimate of drug-likeness (QED) is 0.177. The van der Waals surface area contributed by atoms with Gasteiger partial charge >= 0.3 is 0 Å². The van der Waals surface area contributed by atoms with Gasteiger partial charge in [-0.3, -0.25) is 0 Å². The monoisotopic (exact) mass is 667 g/mol. The SMILES string of the molecule is Cc1c(C)c(N(c2ccc3ccccc3c2)c2c(C)c(C)c(-c3cnc4nccnc4n3)c(C)c2C)c(C)c(C)c1-c1cnc2nccnc2n1. The Balaban J connectivity index is 1.39. The second-order valence-electron chi connectivity index (χ2n) is 13.2. The number of aromatic nitrogens is 8. The maximum atomic E-state index is 4.91. The van der Waals surface area contributed by atoms with Gasteiger partial charge in [0.1, 0.15) is 0 Å². The molecule has 9 nitrogen and oxygen atoms in total. The first-order valence-corrected chi connectivity index (χ1v) is 17.0. The molecule has 0 aliphatic heterocycles. The Kier molecular flexibility index (Phi) is 7.71. The molecule has 4 aromatic heterocycles. The van der Waals surface area contributed by atoms with Crippen molar-refractivity contribution in [1.82, 2.24) is 39.9 Å². The molecule has 0 N–H and O–H groups in total. The van der Waals surface area contributed by atoms with Crippen LogP contribution in [-0.4, -0.2) is 39.9 Å². The molecule has 0 aliphatic carbocycles. The summed E-state index contributed by atoms with van der Waals surface area (Å²) in [5, 5.41) is 2.38. The number of fused-ring (bicyclic) bond motifs is 3. The lowest BCUT2D eigenvalue weighted by Gasteiger charge is -2.35. The van der Waals surface area contributed by atoms with E-state index in [1.807, 2.05) is 12.4 Å². The number of hydrogen-bond donors (Lipinski definition) is 0. The number of hydrogen-bond acceptors (Lipinski definition) is 9. The van der Waals surface area contributed by atoms with E-state index < -0.39 is 0 Å². The predicted octanol–water partition coefficient (Wildman–Crippen LogP) is 9.58. The van der Waals surface area contributed by atoms with Crippen molar-refractivity contribution in [1.29, 1.82) is 0 Å². The minimum atomic E-state index is 0.534. The predicted molar refractivity (Wildman–Crippen MR) is 205 cm³/mol. The highest BCUT2D eigenvalue weighted by molar-refractivity contribution is 5.94. The average Bonchev–Trinajstić information content (AvgIpc) is 3.15. The van der Waals surface area contributed by atoms with Gasteiger partial charge < -0.3 is 4.90 Å². The highest BCUT2D eigenvalue weighted by Crippen LogP contribution is 2.49. The van der Waals surface area contributed by atoms with Crippen LogP contribution in [-0.2, 0) is 0 Å². The summed E-state index contributed by atoms with van der Waals surface area (Å²) in [4.78, 5) is 39.1. The Morgan fingerprint density at radius 3 is 1.27 bits per heavy atom. The van der Waals surface area contributed by atoms with Gasteiger partial charge in [-0.2, -0.15) is 0 Å². The van der Waals surface area contributed by atoms with Gasteiger partial charge in [0.15, 0.2) is 22.6 Å². The van der Waals surface area contributed by atoms with Gasteiger partial charge in [-0.05, 0) is 123 Å². The summed E-state index contributed by atoms with van der Waals surface area (Å²) in [7, 11) is 0. The molecule has 250 valence electrons. The molecule has 0 saturated heterocycles. The van der Waals surface area contributed by atoms with Crippen LogP contribution in [0.15, 0.2) is 79.6 Å². The van der Waals surface area contributed by atoms with E-state index >= 15 is 0 Å². The zero-order valence-corrected chi connectivity index (χ0v) is 30.0. The topological polar surface area (TPSA) is 106 Å². The van der Waals surface area contributed by atoms with Crippen molar-refractivity contribution in [2.24, 2.45) is 0 Å². The van der Waals surface area contributed by atoms with Crippen molar-refractivity contribution in [3.8, 4) is 22.5 Å². The van der Waals surface area contributed by atoms with Gasteiger partial charge in [-0.15, -0.1) is 0 Å². The lowest BCUT2D eigenvalue weighted by molar-refractivity contribution is 1.11. The van der Waals surface area contributed by atoms with Crippen molar-refractivity contribution in [2.75, 3.05) is 4.90 Å². The first-order chi connectivity index (χ1) is 24.6. The fourth-order valence-corrected chi connectivity index (χ4v) is 7.47. The zero-order valence-electron chi connectivity index (χ0n) is 30.0. The van der Waals surface area contributed by atoms with E-state index in [1.165, 1.54) is 33.0 Å². The van der Waals surface area contributed by atoms with Crippen molar-refractivity contribution in [2.45, 2.75) is 55.4 Å². The lowest BCUT2D eigenvalue weighted by atomic mass is 9.87. The van der Waals surface area contributed by atoms with E-state index in [9.17, 15) is 0 Å². The molecule has 0 spiro atoms. The van der Waals surface area contributed by atoms with E-state index in [0.29, 0.717) is 22.6 Å². The van der Waals surface area contributed by atoms with Crippen LogP contribution < -0.4 is 4.90 Å². The Hall–Kier alpha value is -6.22. The molecule has 0 fully saturated rings. The smallest absolute Gasteiger partial charge is 0.198 e. The molecule has 9 heteroatoms. The van der Waals surface area contributed by atoms with Crippen LogP contribution in [0.1, 0.15) is 44.5 Å². The molecule has 4 heterocycles. The summed E-state index contributed by atoms with van der Waals surface area (Å²) < 4.78 is 0. The number of nitrogens with zero attached hydrogens (tertiary/aromatic N) is 9. The molecule has 0 saturated carbocycles. The molecule has 51 heavy (non-hydrogen) atoms. The maximum absolute atomic E-state index is 4.91. The Morgan fingerprint density at radius 1 is 0.412 bits per heavy atom. The minimum Gasteiger partial charge on any atom is -0.309 e. The number of benzene rings is 4. The van der Waals surface area contributed by atoms with Gasteiger partial charge in [-0.1, -0.05) is 30.3 Å². The van der Waals surface area contributed by atoms with Crippen molar-refractivity contribution >= 4 is 50.4 Å². The molecule has 0 bridgehead atoms. The fraction of sp³-hybridized carbons (Fsp3) is 0.190. The Bertz CT molecular complexity index is 2500. The van der Waals surface area contributed by atoms with Crippen LogP contribution in [0.2, 0.25) is 0 Å². The van der Waals surface area contributed by atoms with Crippen LogP contribution in [0.5, 0.6) is 0 Å². The molecule has 0 amide bonds. The lowest BCUT2D eigenvalue weighted by Crippen LogP contribution is -2.18. The summed E-state index contributed by atoms with van der Waals surface area (Å²) in [6.45, 7) is 17.6. The van der Waals surface area contributed by atoms with E-state index in [1.54, 1.807) is 24.8 Å². The highest BCUT2D eigenvalue weighted by Gasteiger charge is 2.28. The summed E-state index contributed by atoms with van der Waals surface area (Å²) in [5.74, 6) is 0. The van der Waals surface area contributed by atoms with Crippen molar-refractivity contribution in [3.05, 3.63) is 124 Å². The molecule has 8 rings (SSSR count). The van der Waals surface area contributed by atoms with Crippen LogP contribution in [0.3, 0.4) is 0 Å². The largest absolute Gasteiger partial charge is 0.309 e. The summed E-state index contributed by atoms with van der Waals surface area (Å²) in [5.41, 5.74) is 18.5. The summed E-state index contributed by atoms with van der Waals surface area (Å²) >= 11 is 0. The van der Waals surface area contributed by atoms with E-state index in [-0.39, 0.29) is 0 Å². The van der Waals surface area contributed by atoms with Gasteiger partial charge in [-0.25, -0.2) is 39.9 Å². The molecule has 4 aromatic carbocycles. The third-order valence-electron chi connectivity index (χ3n) is 10.5. The second kappa shape index (κ2) is 12.3. The van der Waals surface area contributed by atoms with Gasteiger partial charge in [0.05, 0.1) is 35.2 Å². The Labute approximate surface area is 296 Å². The van der Waals surface area contributed by atoms with Crippen LogP contribution >= 0.6 is 0 Å². The molecular formula is C42H37N9. The van der Waals surface area contributed by atoms with Gasteiger partial charge in [0, 0.05) is 41.6 Å². The van der Waals surface area contributed by atoms with Crippen molar-refractivity contribution < 1.29 is 0 Å². The van der Waals surface area contributed by atoms with Gasteiger partial charge in [0.25, 0.3) is 0 Å². The normalized spacial score (nSPS) is 11.5. The molecular weight excluding hydrogens is 631 g/mol. The number of anilines is 3. The third kappa shape index (κ3) is 5.15. The van der Waals surface area contributed by atoms with E-state index in [2.05, 4.69) is 133 Å². The highest BCUT2D eigenvalue weighted by atomic mass is 15.2. The van der Waals surface area contributed by atoms with Crippen LogP contribution in [0.25, 0.3) is 55.9 Å².